The predicted molar refractivity (Wildman–Crippen MR) is 49.0 cm³/mol. The van der Waals surface area contributed by atoms with Gasteiger partial charge in [-0.15, -0.1) is 0 Å². The molecule has 1 fully saturated rings. The van der Waals surface area contributed by atoms with Crippen molar-refractivity contribution in [3.63, 3.8) is 0 Å². The van der Waals surface area contributed by atoms with Crippen molar-refractivity contribution in [2.75, 3.05) is 7.11 Å². The number of nitrogens with zero attached hydrogens (tertiary/aromatic N) is 1. The number of methoxy groups -OCH3 is 1. The van der Waals surface area contributed by atoms with Crippen molar-refractivity contribution in [3.8, 4) is 6.07 Å². The zero-order valence-electron chi connectivity index (χ0n) is 8.50. The van der Waals surface area contributed by atoms with Gasteiger partial charge in [0.15, 0.2) is 0 Å². The topological polar surface area (TPSA) is 53.2 Å². The van der Waals surface area contributed by atoms with Crippen LogP contribution in [-0.4, -0.2) is 23.9 Å². The highest BCUT2D eigenvalue weighted by Gasteiger charge is 2.54. The van der Waals surface area contributed by atoms with Crippen molar-refractivity contribution in [2.45, 2.75) is 44.8 Å². The van der Waals surface area contributed by atoms with Crippen LogP contribution in [0.1, 0.15) is 33.1 Å². The molecular weight excluding hydrogens is 166 g/mol. The third kappa shape index (κ3) is 1.34. The van der Waals surface area contributed by atoms with Crippen LogP contribution in [0.5, 0.6) is 0 Å². The number of aliphatic hydroxyl groups is 1. The summed E-state index contributed by atoms with van der Waals surface area (Å²) in [7, 11) is 1.56. The molecule has 0 amide bonds. The Bertz CT molecular complexity index is 226. The molecule has 0 saturated heterocycles. The van der Waals surface area contributed by atoms with Gasteiger partial charge in [0, 0.05) is 7.11 Å². The molecule has 2 atom stereocenters. The molecule has 0 heterocycles. The first kappa shape index (κ1) is 10.5. The van der Waals surface area contributed by atoms with Crippen LogP contribution in [0.2, 0.25) is 0 Å². The maximum atomic E-state index is 10.2. The Morgan fingerprint density at radius 1 is 1.62 bits per heavy atom. The zero-order valence-corrected chi connectivity index (χ0v) is 8.50. The summed E-state index contributed by atoms with van der Waals surface area (Å²) in [6, 6.07) is 2.24. The number of ether oxygens (including phenoxy) is 1. The number of rotatable bonds is 3. The fraction of sp³-hybridized carbons (Fsp3) is 0.900. The minimum atomic E-state index is -1.03. The van der Waals surface area contributed by atoms with Crippen LogP contribution in [0.4, 0.5) is 0 Å². The summed E-state index contributed by atoms with van der Waals surface area (Å²) in [5.74, 6) is 0. The lowest BCUT2D eigenvalue weighted by Gasteiger charge is -2.48. The maximum Gasteiger partial charge on any atom is 0.106 e. The highest BCUT2D eigenvalue weighted by molar-refractivity contribution is 5.16. The molecule has 3 heteroatoms. The first-order chi connectivity index (χ1) is 6.00. The third-order valence-corrected chi connectivity index (χ3v) is 3.54. The lowest BCUT2D eigenvalue weighted by atomic mass is 9.58. The molecule has 13 heavy (non-hydrogen) atoms. The van der Waals surface area contributed by atoms with E-state index in [-0.39, 0.29) is 6.10 Å². The average Bonchev–Trinajstić information content (AvgIpc) is 2.01. The quantitative estimate of drug-likeness (QED) is 0.720. The molecule has 2 unspecified atom stereocenters. The van der Waals surface area contributed by atoms with Crippen LogP contribution < -0.4 is 0 Å². The summed E-state index contributed by atoms with van der Waals surface area (Å²) in [5, 5.41) is 19.3. The van der Waals surface area contributed by atoms with Gasteiger partial charge in [-0.25, -0.2) is 0 Å². The van der Waals surface area contributed by atoms with Gasteiger partial charge in [-0.1, -0.05) is 6.42 Å². The van der Waals surface area contributed by atoms with Gasteiger partial charge in [-0.2, -0.15) is 5.26 Å². The third-order valence-electron chi connectivity index (χ3n) is 3.54. The van der Waals surface area contributed by atoms with E-state index in [4.69, 9.17) is 10.00 Å². The molecule has 1 rings (SSSR count). The molecule has 1 saturated carbocycles. The predicted octanol–water partition coefficient (Wildman–Crippen LogP) is 1.47. The molecule has 74 valence electrons. The van der Waals surface area contributed by atoms with Crippen molar-refractivity contribution in [2.24, 2.45) is 5.41 Å². The molecule has 3 nitrogen and oxygen atoms in total. The van der Waals surface area contributed by atoms with Gasteiger partial charge in [0.05, 0.1) is 17.6 Å². The molecule has 0 bridgehead atoms. The summed E-state index contributed by atoms with van der Waals surface area (Å²) in [6.45, 7) is 3.50. The lowest BCUT2D eigenvalue weighted by molar-refractivity contribution is -0.156. The standard InChI is InChI=1S/C10H17NO2/c1-8(13-3)9(2,12)10(7-11)5-4-6-10/h8,12H,4-6H2,1-3H3. The Hall–Kier alpha value is -0.590. The molecular formula is C10H17NO2. The second kappa shape index (κ2) is 3.28. The second-order valence-corrected chi connectivity index (χ2v) is 4.07. The van der Waals surface area contributed by atoms with Crippen molar-refractivity contribution >= 4 is 0 Å². The van der Waals surface area contributed by atoms with E-state index in [1.165, 1.54) is 0 Å². The Morgan fingerprint density at radius 3 is 2.38 bits per heavy atom. The normalized spacial score (nSPS) is 26.7. The van der Waals surface area contributed by atoms with Crippen LogP contribution in [0.15, 0.2) is 0 Å². The Labute approximate surface area is 79.3 Å². The summed E-state index contributed by atoms with van der Waals surface area (Å²) < 4.78 is 5.10. The summed E-state index contributed by atoms with van der Waals surface area (Å²) in [4.78, 5) is 0. The van der Waals surface area contributed by atoms with E-state index in [0.717, 1.165) is 19.3 Å². The Morgan fingerprint density at radius 2 is 2.15 bits per heavy atom. The minimum absolute atomic E-state index is 0.299. The zero-order chi connectivity index (χ0) is 10.1. The first-order valence-electron chi connectivity index (χ1n) is 4.66. The van der Waals surface area contributed by atoms with Crippen LogP contribution in [0.25, 0.3) is 0 Å². The van der Waals surface area contributed by atoms with Crippen LogP contribution in [0, 0.1) is 16.7 Å². The smallest absolute Gasteiger partial charge is 0.106 e. The lowest BCUT2D eigenvalue weighted by Crippen LogP contribution is -2.56. The van der Waals surface area contributed by atoms with E-state index in [9.17, 15) is 5.11 Å². The largest absolute Gasteiger partial charge is 0.386 e. The van der Waals surface area contributed by atoms with Crippen molar-refractivity contribution in [3.05, 3.63) is 0 Å². The summed E-state index contributed by atoms with van der Waals surface area (Å²) >= 11 is 0. The highest BCUT2D eigenvalue weighted by Crippen LogP contribution is 2.50. The van der Waals surface area contributed by atoms with Gasteiger partial charge >= 0.3 is 0 Å². The number of hydrogen-bond donors (Lipinski definition) is 1. The highest BCUT2D eigenvalue weighted by atomic mass is 16.5. The van der Waals surface area contributed by atoms with E-state index in [0.29, 0.717) is 0 Å². The van der Waals surface area contributed by atoms with Crippen molar-refractivity contribution in [1.29, 1.82) is 5.26 Å². The SMILES string of the molecule is COC(C)C(C)(O)C1(C#N)CCC1. The van der Waals surface area contributed by atoms with Gasteiger partial charge in [0.25, 0.3) is 0 Å². The summed E-state index contributed by atoms with van der Waals surface area (Å²) in [6.07, 6.45) is 2.29. The van der Waals surface area contributed by atoms with Crippen LogP contribution in [-0.2, 0) is 4.74 Å². The molecule has 0 aromatic rings. The van der Waals surface area contributed by atoms with Gasteiger partial charge in [0.1, 0.15) is 5.60 Å². The molecule has 0 aromatic heterocycles. The Kier molecular flexibility index (Phi) is 2.65. The van der Waals surface area contributed by atoms with E-state index in [1.54, 1.807) is 21.0 Å². The molecule has 1 aliphatic rings. The minimum Gasteiger partial charge on any atom is -0.386 e. The van der Waals surface area contributed by atoms with E-state index in [2.05, 4.69) is 6.07 Å². The molecule has 0 aliphatic heterocycles. The molecule has 1 N–H and O–H groups in total. The number of nitriles is 1. The van der Waals surface area contributed by atoms with Gasteiger partial charge in [-0.3, -0.25) is 0 Å². The second-order valence-electron chi connectivity index (χ2n) is 4.07. The molecule has 0 radical (unpaired) electrons. The van der Waals surface area contributed by atoms with Crippen molar-refractivity contribution in [1.82, 2.24) is 0 Å². The maximum absolute atomic E-state index is 10.2. The van der Waals surface area contributed by atoms with Gasteiger partial charge in [-0.05, 0) is 26.7 Å². The monoisotopic (exact) mass is 183 g/mol. The summed E-state index contributed by atoms with van der Waals surface area (Å²) in [5.41, 5.74) is -1.61. The van der Waals surface area contributed by atoms with Crippen molar-refractivity contribution < 1.29 is 9.84 Å². The van der Waals surface area contributed by atoms with Gasteiger partial charge in [0.2, 0.25) is 0 Å². The average molecular weight is 183 g/mol. The fourth-order valence-electron chi connectivity index (χ4n) is 1.88. The molecule has 0 spiro atoms. The van der Waals surface area contributed by atoms with E-state index < -0.39 is 11.0 Å². The fourth-order valence-corrected chi connectivity index (χ4v) is 1.88. The molecule has 0 aromatic carbocycles. The van der Waals surface area contributed by atoms with E-state index >= 15 is 0 Å². The first-order valence-corrected chi connectivity index (χ1v) is 4.66. The van der Waals surface area contributed by atoms with E-state index in [1.807, 2.05) is 0 Å². The van der Waals surface area contributed by atoms with Crippen LogP contribution >= 0.6 is 0 Å². The van der Waals surface area contributed by atoms with Crippen LogP contribution in [0.3, 0.4) is 0 Å². The van der Waals surface area contributed by atoms with Gasteiger partial charge < -0.3 is 9.84 Å². The number of hydrogen-bond acceptors (Lipinski definition) is 3. The molecule has 1 aliphatic carbocycles. The Balaban J connectivity index is 2.84.